The molecule has 0 atom stereocenters. The number of ether oxygens (including phenoxy) is 1. The van der Waals surface area contributed by atoms with Gasteiger partial charge in [-0.15, -0.1) is 0 Å². The van der Waals surface area contributed by atoms with Gasteiger partial charge in [-0.25, -0.2) is 0 Å². The fraction of sp³-hybridized carbons (Fsp3) is 0.696. The molecule has 1 aromatic carbocycles. The van der Waals surface area contributed by atoms with Gasteiger partial charge in [0, 0.05) is 0 Å². The summed E-state index contributed by atoms with van der Waals surface area (Å²) in [6, 6.07) is 5.92. The van der Waals surface area contributed by atoms with Crippen molar-refractivity contribution in [1.82, 2.24) is 0 Å². The average Bonchev–Trinajstić information content (AvgIpc) is 2.66. The Morgan fingerprint density at radius 2 is 1.57 bits per heavy atom. The molecular weight excluding hydrogens is 487 g/mol. The van der Waals surface area contributed by atoms with Gasteiger partial charge >= 0.3 is 186 Å². The molecule has 0 heterocycles. The van der Waals surface area contributed by atoms with E-state index in [4.69, 9.17) is 10.5 Å². The molecule has 0 fully saturated rings. The van der Waals surface area contributed by atoms with E-state index in [1.54, 1.807) is 13.8 Å². The molecule has 0 saturated carbocycles. The summed E-state index contributed by atoms with van der Waals surface area (Å²) in [6.45, 7) is 10.1. The van der Waals surface area contributed by atoms with Gasteiger partial charge in [0.2, 0.25) is 0 Å². The van der Waals surface area contributed by atoms with Crippen LogP contribution in [0.1, 0.15) is 78.7 Å². The van der Waals surface area contributed by atoms with E-state index in [1.807, 2.05) is 12.1 Å². The zero-order valence-corrected chi connectivity index (χ0v) is 22.3. The summed E-state index contributed by atoms with van der Waals surface area (Å²) in [5, 5.41) is 11.9. The van der Waals surface area contributed by atoms with Crippen molar-refractivity contribution in [3.05, 3.63) is 33.9 Å². The molecule has 1 amide bonds. The maximum atomic E-state index is 11.9. The number of nitrogens with two attached hydrogens (primary N) is 1. The second kappa shape index (κ2) is 12.5. The van der Waals surface area contributed by atoms with Crippen LogP contribution in [0.3, 0.4) is 0 Å². The first-order chi connectivity index (χ1) is 14.1. The molecule has 30 heavy (non-hydrogen) atoms. The number of nitro groups is 1. The van der Waals surface area contributed by atoms with Gasteiger partial charge in [-0.1, -0.05) is 0 Å². The summed E-state index contributed by atoms with van der Waals surface area (Å²) in [5.41, 5.74) is 5.01. The molecule has 2 N–H and O–H groups in total. The van der Waals surface area contributed by atoms with Gasteiger partial charge in [-0.2, -0.15) is 0 Å². The molecule has 0 aliphatic rings. The van der Waals surface area contributed by atoms with Gasteiger partial charge < -0.3 is 0 Å². The van der Waals surface area contributed by atoms with Gasteiger partial charge in [-0.05, 0) is 0 Å². The molecule has 0 unspecified atom stereocenters. The Bertz CT molecular complexity index is 685. The first-order valence-corrected chi connectivity index (χ1v) is 18.8. The van der Waals surface area contributed by atoms with Crippen LogP contribution >= 0.6 is 0 Å². The third-order valence-electron chi connectivity index (χ3n) is 5.91. The van der Waals surface area contributed by atoms with Gasteiger partial charge in [0.25, 0.3) is 0 Å². The van der Waals surface area contributed by atoms with Gasteiger partial charge in [0.05, 0.1) is 0 Å². The summed E-state index contributed by atoms with van der Waals surface area (Å²) in [5.74, 6) is 0. The van der Waals surface area contributed by atoms with Crippen LogP contribution in [0.2, 0.25) is 13.3 Å². The van der Waals surface area contributed by atoms with E-state index in [-0.39, 0.29) is 17.0 Å². The Balaban J connectivity index is 3.41. The number of rotatable bonds is 14. The number of nitro benzene ring substituents is 1. The van der Waals surface area contributed by atoms with E-state index < -0.39 is 30.1 Å². The summed E-state index contributed by atoms with van der Waals surface area (Å²) in [7, 11) is 0. The minimum atomic E-state index is -2.75. The van der Waals surface area contributed by atoms with Crippen molar-refractivity contribution >= 4 is 33.7 Å². The predicted octanol–water partition coefficient (Wildman–Crippen LogP) is 6.07. The molecule has 1 aromatic rings. The van der Waals surface area contributed by atoms with Gasteiger partial charge in [0.1, 0.15) is 0 Å². The van der Waals surface area contributed by atoms with Crippen molar-refractivity contribution in [1.29, 1.82) is 0 Å². The van der Waals surface area contributed by atoms with Crippen molar-refractivity contribution in [2.45, 2.75) is 98.5 Å². The van der Waals surface area contributed by atoms with Crippen LogP contribution < -0.4 is 9.31 Å². The van der Waals surface area contributed by atoms with E-state index in [2.05, 4.69) is 26.8 Å². The third kappa shape index (κ3) is 8.08. The van der Waals surface area contributed by atoms with Crippen molar-refractivity contribution < 1.29 is 14.5 Å². The number of benzene rings is 1. The topological polar surface area (TPSA) is 95.5 Å². The molecule has 170 valence electrons. The fourth-order valence-corrected chi connectivity index (χ4v) is 20.3. The number of amides is 1. The number of hydrogen-bond acceptors (Lipinski definition) is 4. The normalized spacial score (nSPS) is 12.0. The quantitative estimate of drug-likeness (QED) is 0.181. The van der Waals surface area contributed by atoms with Crippen LogP contribution in [0.4, 0.5) is 10.5 Å². The van der Waals surface area contributed by atoms with Gasteiger partial charge in [-0.3, -0.25) is 0 Å². The Morgan fingerprint density at radius 1 is 1.07 bits per heavy atom. The number of unbranched alkanes of at least 4 members (excludes halogenated alkanes) is 3. The molecule has 6 nitrogen and oxygen atoms in total. The number of hydrogen-bond donors (Lipinski definition) is 1. The molecule has 0 aromatic heterocycles. The fourth-order valence-electron chi connectivity index (χ4n) is 4.33. The summed E-state index contributed by atoms with van der Waals surface area (Å²) in [4.78, 5) is 22.9. The van der Waals surface area contributed by atoms with Crippen molar-refractivity contribution in [3.8, 4) is 0 Å². The molecule has 0 spiro atoms. The first kappa shape index (κ1) is 26.7. The summed E-state index contributed by atoms with van der Waals surface area (Å²) < 4.78 is 10.2. The Kier molecular flexibility index (Phi) is 11.2. The van der Waals surface area contributed by atoms with E-state index in [1.165, 1.54) is 36.2 Å². The summed E-state index contributed by atoms with van der Waals surface area (Å²) in [6.07, 6.45) is 6.50. The van der Waals surface area contributed by atoms with Crippen LogP contribution in [0.15, 0.2) is 18.2 Å². The number of nitrogens with zero attached hydrogens (tertiary/aromatic N) is 1. The van der Waals surface area contributed by atoms with Crippen molar-refractivity contribution in [2.75, 3.05) is 0 Å². The second-order valence-corrected chi connectivity index (χ2v) is 22.3. The molecule has 0 bridgehead atoms. The van der Waals surface area contributed by atoms with Crippen LogP contribution in [0.25, 0.3) is 0 Å². The monoisotopic (exact) mass is 528 g/mol. The van der Waals surface area contributed by atoms with Crippen LogP contribution in [-0.4, -0.2) is 35.0 Å². The second-order valence-electron chi connectivity index (χ2n) is 9.05. The van der Waals surface area contributed by atoms with Crippen molar-refractivity contribution in [2.24, 2.45) is 5.73 Å². The first-order valence-electron chi connectivity index (χ1n) is 11.4. The van der Waals surface area contributed by atoms with E-state index >= 15 is 0 Å². The zero-order chi connectivity index (χ0) is 22.8. The molecule has 7 heteroatoms. The Morgan fingerprint density at radius 3 is 1.97 bits per heavy atom. The third-order valence-corrected chi connectivity index (χ3v) is 21.5. The van der Waals surface area contributed by atoms with E-state index in [0.29, 0.717) is 5.56 Å². The molecular formula is C23H40N2O4Sn. The number of carbonyl (C=O) groups excluding carboxylic acids is 1. The average molecular weight is 527 g/mol. The van der Waals surface area contributed by atoms with Gasteiger partial charge in [0.15, 0.2) is 0 Å². The summed E-state index contributed by atoms with van der Waals surface area (Å²) >= 11 is -2.75. The van der Waals surface area contributed by atoms with Crippen LogP contribution in [0.5, 0.6) is 0 Å². The minimum absolute atomic E-state index is 0.152. The Labute approximate surface area is 186 Å². The standard InChI is InChI=1S/C11H13N2O4.3C4H9.Sn/c1-11(2,17-10(12)14)7-8-5-3-4-6-9(8)13(15)16;3*1-3-4-2;/h3,5-6H,7H2,1-2H3,(H2,12,14);3*1,3-4H2,2H3;. The van der Waals surface area contributed by atoms with Crippen LogP contribution in [0, 0.1) is 10.1 Å². The number of carbonyl (C=O) groups is 1. The SMILES string of the molecule is CCC[CH2][Sn]([CH2]CCC)([CH2]CCC)[c]1ccc(CC(C)(C)OC(N)=O)c([N+](=O)[O-])c1. The Hall–Kier alpha value is -1.31. The predicted molar refractivity (Wildman–Crippen MR) is 126 cm³/mol. The van der Waals surface area contributed by atoms with Crippen molar-refractivity contribution in [3.63, 3.8) is 0 Å². The van der Waals surface area contributed by atoms with E-state index in [0.717, 1.165) is 19.3 Å². The molecule has 0 aliphatic carbocycles. The maximum absolute atomic E-state index is 11.9. The molecule has 0 radical (unpaired) electrons. The zero-order valence-electron chi connectivity index (χ0n) is 19.5. The molecule has 1 rings (SSSR count). The van der Waals surface area contributed by atoms with Crippen LogP contribution in [-0.2, 0) is 11.2 Å². The number of primary amides is 1. The molecule has 0 aliphatic heterocycles. The molecule has 0 saturated heterocycles. The van der Waals surface area contributed by atoms with E-state index in [9.17, 15) is 14.9 Å².